The van der Waals surface area contributed by atoms with Crippen LogP contribution in [-0.4, -0.2) is 22.8 Å². The van der Waals surface area contributed by atoms with Gasteiger partial charge in [0.25, 0.3) is 0 Å². The van der Waals surface area contributed by atoms with Crippen LogP contribution in [0.25, 0.3) is 0 Å². The van der Waals surface area contributed by atoms with Crippen molar-refractivity contribution in [2.24, 2.45) is 0 Å². The number of anilines is 2. The Morgan fingerprint density at radius 3 is 2.85 bits per heavy atom. The summed E-state index contributed by atoms with van der Waals surface area (Å²) in [7, 11) is 0. The van der Waals surface area contributed by atoms with E-state index in [1.165, 1.54) is 5.56 Å². The van der Waals surface area contributed by atoms with Crippen LogP contribution < -0.4 is 21.1 Å². The number of aromatic amines is 1. The number of hydrogen-bond donors (Lipinski definition) is 2. The molecule has 1 atom stereocenters. The molecular weight excluding hydrogens is 332 g/mol. The predicted molar refractivity (Wildman–Crippen MR) is 98.2 cm³/mol. The molecule has 3 N–H and O–H groups in total. The lowest BCUT2D eigenvalue weighted by Gasteiger charge is -2.36. The lowest BCUT2D eigenvalue weighted by molar-refractivity contribution is 0.180. The van der Waals surface area contributed by atoms with Crippen LogP contribution in [0.4, 0.5) is 11.4 Å². The first-order valence-corrected chi connectivity index (χ1v) is 8.57. The molecule has 2 aromatic carbocycles. The Labute approximate surface area is 150 Å². The van der Waals surface area contributed by atoms with Gasteiger partial charge in [-0.15, -0.1) is 5.10 Å². The number of H-pyrrole nitrogens is 1. The highest BCUT2D eigenvalue weighted by molar-refractivity contribution is 5.66. The van der Waals surface area contributed by atoms with Crippen molar-refractivity contribution >= 4 is 11.4 Å². The lowest BCUT2D eigenvalue weighted by Crippen LogP contribution is -2.40. The molecule has 0 saturated heterocycles. The second kappa shape index (κ2) is 6.95. The van der Waals surface area contributed by atoms with Crippen molar-refractivity contribution in [3.05, 3.63) is 70.5 Å². The normalized spacial score (nSPS) is 16.2. The molecule has 4 rings (SSSR count). The van der Waals surface area contributed by atoms with Gasteiger partial charge in [-0.3, -0.25) is 0 Å². The third-order valence-electron chi connectivity index (χ3n) is 4.42. The van der Waals surface area contributed by atoms with Gasteiger partial charge in [-0.25, -0.2) is 9.89 Å². The van der Waals surface area contributed by atoms with Crippen LogP contribution in [0.3, 0.4) is 0 Å². The molecule has 1 aliphatic heterocycles. The molecule has 7 nitrogen and oxygen atoms in total. The minimum Gasteiger partial charge on any atom is -0.486 e. The van der Waals surface area contributed by atoms with E-state index in [1.807, 2.05) is 36.4 Å². The molecule has 2 heterocycles. The highest BCUT2D eigenvalue weighted by atomic mass is 16.5. The number of nitrogens with one attached hydrogen (secondary N) is 1. The van der Waals surface area contributed by atoms with Crippen LogP contribution in [-0.2, 0) is 13.0 Å². The van der Waals surface area contributed by atoms with Crippen molar-refractivity contribution in [3.63, 3.8) is 0 Å². The highest BCUT2D eigenvalue weighted by Gasteiger charge is 2.26. The zero-order valence-corrected chi connectivity index (χ0v) is 14.2. The third-order valence-corrected chi connectivity index (χ3v) is 4.42. The summed E-state index contributed by atoms with van der Waals surface area (Å²) in [4.78, 5) is 13.3. The highest BCUT2D eigenvalue weighted by Crippen LogP contribution is 2.36. The summed E-state index contributed by atoms with van der Waals surface area (Å²) >= 11 is 0. The standard InChI is InChI=1S/C19H20N4O3/c20-14-6-8-17-16(10-14)23(11-13-4-2-1-3-5-13)12-15(25-17)7-9-18-21-22-19(24)26-18/h1-6,8,10,15H,7,9,11-12,20H2,(H,22,24). The number of nitrogens with zero attached hydrogens (tertiary/aromatic N) is 2. The zero-order valence-electron chi connectivity index (χ0n) is 14.2. The number of aryl methyl sites for hydroxylation is 1. The monoisotopic (exact) mass is 352 g/mol. The fraction of sp³-hybridized carbons (Fsp3) is 0.263. The number of benzene rings is 2. The largest absolute Gasteiger partial charge is 0.486 e. The molecule has 3 aromatic rings. The first-order chi connectivity index (χ1) is 12.7. The van der Waals surface area contributed by atoms with Gasteiger partial charge >= 0.3 is 5.76 Å². The van der Waals surface area contributed by atoms with Crippen LogP contribution >= 0.6 is 0 Å². The summed E-state index contributed by atoms with van der Waals surface area (Å²) in [6, 6.07) is 16.0. The predicted octanol–water partition coefficient (Wildman–Crippen LogP) is 2.35. The van der Waals surface area contributed by atoms with Crippen molar-refractivity contribution in [3.8, 4) is 5.75 Å². The van der Waals surface area contributed by atoms with Gasteiger partial charge < -0.3 is 19.8 Å². The Hall–Kier alpha value is -3.22. The molecule has 0 amide bonds. The molecule has 0 bridgehead atoms. The smallest absolute Gasteiger partial charge is 0.434 e. The number of fused-ring (bicyclic) bond motifs is 1. The number of aromatic nitrogens is 2. The van der Waals surface area contributed by atoms with E-state index in [0.717, 1.165) is 24.5 Å². The van der Waals surface area contributed by atoms with E-state index in [0.29, 0.717) is 24.4 Å². The van der Waals surface area contributed by atoms with Crippen LogP contribution in [0.5, 0.6) is 5.75 Å². The van der Waals surface area contributed by atoms with Gasteiger partial charge in [0.1, 0.15) is 11.9 Å². The van der Waals surface area contributed by atoms with Crippen LogP contribution in [0.15, 0.2) is 57.7 Å². The Balaban J connectivity index is 1.53. The van der Waals surface area contributed by atoms with Crippen LogP contribution in [0, 0.1) is 0 Å². The molecule has 1 aliphatic rings. The second-order valence-electron chi connectivity index (χ2n) is 6.38. The van der Waals surface area contributed by atoms with E-state index >= 15 is 0 Å². The summed E-state index contributed by atoms with van der Waals surface area (Å²) < 4.78 is 11.1. The second-order valence-corrected chi connectivity index (χ2v) is 6.38. The van der Waals surface area contributed by atoms with Crippen molar-refractivity contribution in [1.82, 2.24) is 10.2 Å². The molecule has 0 radical (unpaired) electrons. The van der Waals surface area contributed by atoms with Gasteiger partial charge in [0.05, 0.1) is 12.2 Å². The van der Waals surface area contributed by atoms with Crippen molar-refractivity contribution in [2.45, 2.75) is 25.5 Å². The fourth-order valence-corrected chi connectivity index (χ4v) is 3.20. The molecule has 1 aromatic heterocycles. The number of hydrogen-bond acceptors (Lipinski definition) is 6. The average molecular weight is 352 g/mol. The van der Waals surface area contributed by atoms with E-state index < -0.39 is 5.76 Å². The Morgan fingerprint density at radius 1 is 1.23 bits per heavy atom. The van der Waals surface area contributed by atoms with Gasteiger partial charge in [-0.05, 0) is 30.2 Å². The maximum absolute atomic E-state index is 11.1. The number of nitrogen functional groups attached to an aromatic ring is 1. The number of nitrogens with two attached hydrogens (primary N) is 1. The lowest BCUT2D eigenvalue weighted by atomic mass is 10.1. The summed E-state index contributed by atoms with van der Waals surface area (Å²) in [5.74, 6) is 0.683. The molecule has 0 aliphatic carbocycles. The van der Waals surface area contributed by atoms with Gasteiger partial charge in [-0.2, -0.15) is 0 Å². The van der Waals surface area contributed by atoms with E-state index in [4.69, 9.17) is 14.9 Å². The summed E-state index contributed by atoms with van der Waals surface area (Å²) in [5, 5.41) is 6.14. The SMILES string of the molecule is Nc1ccc2c(c1)N(Cc1ccccc1)CC(CCc1n[nH]c(=O)o1)O2. The van der Waals surface area contributed by atoms with Crippen LogP contribution in [0.2, 0.25) is 0 Å². The Bertz CT molecular complexity index is 935. The molecule has 134 valence electrons. The fourth-order valence-electron chi connectivity index (χ4n) is 3.20. The molecule has 26 heavy (non-hydrogen) atoms. The minimum atomic E-state index is -0.531. The van der Waals surface area contributed by atoms with Gasteiger partial charge in [0.15, 0.2) is 0 Å². The maximum atomic E-state index is 11.1. The Kier molecular flexibility index (Phi) is 4.35. The summed E-state index contributed by atoms with van der Waals surface area (Å²) in [6.45, 7) is 1.49. The van der Waals surface area contributed by atoms with Crippen molar-refractivity contribution in [1.29, 1.82) is 0 Å². The topological polar surface area (TPSA) is 97.4 Å². The van der Waals surface area contributed by atoms with Gasteiger partial charge in [-0.1, -0.05) is 30.3 Å². The van der Waals surface area contributed by atoms with Gasteiger partial charge in [0.2, 0.25) is 5.89 Å². The zero-order chi connectivity index (χ0) is 17.9. The maximum Gasteiger partial charge on any atom is 0.434 e. The van der Waals surface area contributed by atoms with E-state index in [9.17, 15) is 4.79 Å². The average Bonchev–Trinajstić information content (AvgIpc) is 3.07. The first-order valence-electron chi connectivity index (χ1n) is 8.57. The molecular formula is C19H20N4O3. The quantitative estimate of drug-likeness (QED) is 0.684. The molecule has 0 spiro atoms. The van der Waals surface area contributed by atoms with E-state index in [-0.39, 0.29) is 6.10 Å². The van der Waals surface area contributed by atoms with Crippen LogP contribution in [0.1, 0.15) is 17.9 Å². The first kappa shape index (κ1) is 16.3. The van der Waals surface area contributed by atoms with Crippen molar-refractivity contribution < 1.29 is 9.15 Å². The minimum absolute atomic E-state index is 0.0307. The summed E-state index contributed by atoms with van der Waals surface area (Å²) in [6.07, 6.45) is 1.20. The Morgan fingerprint density at radius 2 is 2.08 bits per heavy atom. The van der Waals surface area contributed by atoms with E-state index in [2.05, 4.69) is 27.2 Å². The summed E-state index contributed by atoms with van der Waals surface area (Å²) in [5.41, 5.74) is 8.90. The number of rotatable bonds is 5. The number of ether oxygens (including phenoxy) is 1. The molecule has 7 heteroatoms. The molecule has 0 saturated carbocycles. The van der Waals surface area contributed by atoms with E-state index in [1.54, 1.807) is 0 Å². The van der Waals surface area contributed by atoms with Crippen molar-refractivity contribution in [2.75, 3.05) is 17.2 Å². The molecule has 1 unspecified atom stereocenters. The third kappa shape index (κ3) is 3.56. The molecule has 0 fully saturated rings. The van der Waals surface area contributed by atoms with Gasteiger partial charge in [0, 0.05) is 18.7 Å².